The van der Waals surface area contributed by atoms with Crippen LogP contribution in [0.15, 0.2) is 36.8 Å². The Morgan fingerprint density at radius 1 is 1.32 bits per heavy atom. The van der Waals surface area contributed by atoms with Crippen molar-refractivity contribution in [2.45, 2.75) is 26.4 Å². The van der Waals surface area contributed by atoms with Gasteiger partial charge in [-0.25, -0.2) is 9.78 Å². The third-order valence-corrected chi connectivity index (χ3v) is 2.65. The average molecular weight is 297 g/mol. The number of benzene rings is 1. The molecule has 0 radical (unpaired) electrons. The van der Waals surface area contributed by atoms with Gasteiger partial charge < -0.3 is 15.0 Å². The van der Waals surface area contributed by atoms with Gasteiger partial charge in [0.1, 0.15) is 5.60 Å². The van der Waals surface area contributed by atoms with Crippen LogP contribution in [0.1, 0.15) is 26.3 Å². The van der Waals surface area contributed by atoms with E-state index in [2.05, 4.69) is 27.1 Å². The maximum absolute atomic E-state index is 11.4. The molecule has 0 aliphatic heterocycles. The monoisotopic (exact) mass is 297 g/mol. The third kappa shape index (κ3) is 4.98. The fourth-order valence-electron chi connectivity index (χ4n) is 1.72. The van der Waals surface area contributed by atoms with Crippen LogP contribution in [-0.4, -0.2) is 28.2 Å². The van der Waals surface area contributed by atoms with Gasteiger partial charge in [-0.1, -0.05) is 24.0 Å². The summed E-state index contributed by atoms with van der Waals surface area (Å²) in [5, 5.41) is 2.60. The molecular weight excluding hydrogens is 278 g/mol. The van der Waals surface area contributed by atoms with Gasteiger partial charge in [0.15, 0.2) is 0 Å². The summed E-state index contributed by atoms with van der Waals surface area (Å²) in [5.41, 5.74) is 2.40. The molecule has 0 saturated heterocycles. The molecule has 2 rings (SSSR count). The van der Waals surface area contributed by atoms with E-state index in [4.69, 9.17) is 4.74 Å². The zero-order chi connectivity index (χ0) is 16.0. The van der Waals surface area contributed by atoms with Gasteiger partial charge >= 0.3 is 6.09 Å². The molecule has 0 atom stereocenters. The van der Waals surface area contributed by atoms with Crippen LogP contribution in [0.2, 0.25) is 0 Å². The normalized spacial score (nSPS) is 10.5. The SMILES string of the molecule is CC(C)(C)OC(=O)NCC#Cc1ccc(-c2cnc[nH]2)cc1. The Bertz CT molecular complexity index is 671. The van der Waals surface area contributed by atoms with Gasteiger partial charge in [0.2, 0.25) is 0 Å². The molecule has 0 fully saturated rings. The number of carbonyl (C=O) groups is 1. The Balaban J connectivity index is 1.86. The molecule has 5 nitrogen and oxygen atoms in total. The minimum absolute atomic E-state index is 0.247. The van der Waals surface area contributed by atoms with Gasteiger partial charge in [-0.15, -0.1) is 0 Å². The summed E-state index contributed by atoms with van der Waals surface area (Å²) in [6, 6.07) is 7.80. The number of amides is 1. The van der Waals surface area contributed by atoms with Crippen LogP contribution < -0.4 is 5.32 Å². The van der Waals surface area contributed by atoms with Crippen molar-refractivity contribution in [3.63, 3.8) is 0 Å². The van der Waals surface area contributed by atoms with E-state index < -0.39 is 11.7 Å². The summed E-state index contributed by atoms with van der Waals surface area (Å²) in [5.74, 6) is 5.88. The molecule has 114 valence electrons. The van der Waals surface area contributed by atoms with E-state index in [-0.39, 0.29) is 6.54 Å². The van der Waals surface area contributed by atoms with Crippen LogP contribution in [0.3, 0.4) is 0 Å². The predicted octanol–water partition coefficient (Wildman–Crippen LogP) is 2.95. The van der Waals surface area contributed by atoms with E-state index >= 15 is 0 Å². The summed E-state index contributed by atoms with van der Waals surface area (Å²) in [6.07, 6.45) is 2.95. The first kappa shape index (κ1) is 15.6. The second kappa shape index (κ2) is 6.81. The number of carbonyl (C=O) groups excluding carboxylic acids is 1. The second-order valence-electron chi connectivity index (χ2n) is 5.70. The molecule has 0 unspecified atom stereocenters. The first-order valence-corrected chi connectivity index (χ1v) is 6.98. The Morgan fingerprint density at radius 2 is 2.05 bits per heavy atom. The lowest BCUT2D eigenvalue weighted by molar-refractivity contribution is 0.0535. The number of alkyl carbamates (subject to hydrolysis) is 1. The number of hydrogen-bond acceptors (Lipinski definition) is 3. The van der Waals surface area contributed by atoms with Gasteiger partial charge in [-0.05, 0) is 38.5 Å². The van der Waals surface area contributed by atoms with Crippen molar-refractivity contribution in [1.82, 2.24) is 15.3 Å². The highest BCUT2D eigenvalue weighted by Crippen LogP contribution is 2.15. The standard InChI is InChI=1S/C17H19N3O2/c1-17(2,3)22-16(21)19-10-4-5-13-6-8-14(9-7-13)15-11-18-12-20-15/h6-9,11-12H,10H2,1-3H3,(H,18,20)(H,19,21). The fraction of sp³-hybridized carbons (Fsp3) is 0.294. The third-order valence-electron chi connectivity index (χ3n) is 2.65. The number of H-pyrrole nitrogens is 1. The number of imidazole rings is 1. The highest BCUT2D eigenvalue weighted by atomic mass is 16.6. The van der Waals surface area contributed by atoms with Crippen molar-refractivity contribution >= 4 is 6.09 Å². The van der Waals surface area contributed by atoms with Crippen molar-refractivity contribution in [1.29, 1.82) is 0 Å². The van der Waals surface area contributed by atoms with Crippen molar-refractivity contribution in [2.24, 2.45) is 0 Å². The van der Waals surface area contributed by atoms with E-state index in [1.54, 1.807) is 12.5 Å². The van der Waals surface area contributed by atoms with Crippen molar-refractivity contribution in [3.8, 4) is 23.1 Å². The molecule has 0 aliphatic rings. The molecule has 5 heteroatoms. The molecule has 2 N–H and O–H groups in total. The van der Waals surface area contributed by atoms with Crippen molar-refractivity contribution < 1.29 is 9.53 Å². The van der Waals surface area contributed by atoms with Gasteiger partial charge in [-0.3, -0.25) is 0 Å². The van der Waals surface area contributed by atoms with Crippen LogP contribution in [0.4, 0.5) is 4.79 Å². The quantitative estimate of drug-likeness (QED) is 0.837. The molecule has 0 bridgehead atoms. The first-order valence-electron chi connectivity index (χ1n) is 6.98. The van der Waals surface area contributed by atoms with Crippen LogP contribution in [-0.2, 0) is 4.74 Å². The van der Waals surface area contributed by atoms with E-state index in [0.717, 1.165) is 16.8 Å². The van der Waals surface area contributed by atoms with E-state index in [1.165, 1.54) is 0 Å². The molecule has 1 amide bonds. The lowest BCUT2D eigenvalue weighted by atomic mass is 10.1. The van der Waals surface area contributed by atoms with E-state index in [0.29, 0.717) is 0 Å². The fourth-order valence-corrected chi connectivity index (χ4v) is 1.72. The second-order valence-corrected chi connectivity index (χ2v) is 5.70. The van der Waals surface area contributed by atoms with Crippen LogP contribution >= 0.6 is 0 Å². The van der Waals surface area contributed by atoms with Crippen LogP contribution in [0.25, 0.3) is 11.3 Å². The maximum Gasteiger partial charge on any atom is 0.408 e. The summed E-state index contributed by atoms with van der Waals surface area (Å²) >= 11 is 0. The maximum atomic E-state index is 11.4. The van der Waals surface area contributed by atoms with Crippen molar-refractivity contribution in [3.05, 3.63) is 42.4 Å². The lowest BCUT2D eigenvalue weighted by Gasteiger charge is -2.18. The smallest absolute Gasteiger partial charge is 0.408 e. The molecule has 0 saturated carbocycles. The zero-order valence-corrected chi connectivity index (χ0v) is 12.9. The predicted molar refractivity (Wildman–Crippen MR) is 85.1 cm³/mol. The molecule has 0 aliphatic carbocycles. The average Bonchev–Trinajstić information content (AvgIpc) is 2.96. The number of aromatic amines is 1. The Hall–Kier alpha value is -2.74. The lowest BCUT2D eigenvalue weighted by Crippen LogP contribution is -2.32. The van der Waals surface area contributed by atoms with Crippen molar-refractivity contribution in [2.75, 3.05) is 6.54 Å². The number of rotatable bonds is 2. The van der Waals surface area contributed by atoms with E-state index in [1.807, 2.05) is 45.0 Å². The highest BCUT2D eigenvalue weighted by molar-refractivity contribution is 5.68. The largest absolute Gasteiger partial charge is 0.444 e. The van der Waals surface area contributed by atoms with Gasteiger partial charge in [0.25, 0.3) is 0 Å². The molecule has 1 heterocycles. The molecular formula is C17H19N3O2. The molecule has 1 aromatic heterocycles. The van der Waals surface area contributed by atoms with Gasteiger partial charge in [0, 0.05) is 5.56 Å². The Labute approximate surface area is 130 Å². The topological polar surface area (TPSA) is 67.0 Å². The number of aromatic nitrogens is 2. The number of ether oxygens (including phenoxy) is 1. The first-order chi connectivity index (χ1) is 10.4. The summed E-state index contributed by atoms with van der Waals surface area (Å²) in [6.45, 7) is 5.70. The minimum atomic E-state index is -0.500. The molecule has 22 heavy (non-hydrogen) atoms. The molecule has 0 spiro atoms. The molecule has 2 aromatic rings. The van der Waals surface area contributed by atoms with Gasteiger partial charge in [-0.2, -0.15) is 0 Å². The van der Waals surface area contributed by atoms with Crippen LogP contribution in [0.5, 0.6) is 0 Å². The highest BCUT2D eigenvalue weighted by Gasteiger charge is 2.14. The summed E-state index contributed by atoms with van der Waals surface area (Å²) in [7, 11) is 0. The van der Waals surface area contributed by atoms with Gasteiger partial charge in [0.05, 0.1) is 24.8 Å². The minimum Gasteiger partial charge on any atom is -0.444 e. The number of nitrogens with one attached hydrogen (secondary N) is 2. The molecule has 1 aromatic carbocycles. The zero-order valence-electron chi connectivity index (χ0n) is 12.9. The van der Waals surface area contributed by atoms with E-state index in [9.17, 15) is 4.79 Å². The number of hydrogen-bond donors (Lipinski definition) is 2. The number of nitrogens with zero attached hydrogens (tertiary/aromatic N) is 1. The summed E-state index contributed by atoms with van der Waals surface area (Å²) < 4.78 is 5.12. The van der Waals surface area contributed by atoms with Crippen LogP contribution in [0, 0.1) is 11.8 Å². The Kier molecular flexibility index (Phi) is 4.84. The summed E-state index contributed by atoms with van der Waals surface area (Å²) in [4.78, 5) is 18.5. The Morgan fingerprint density at radius 3 is 2.64 bits per heavy atom.